The molecule has 0 radical (unpaired) electrons. The van der Waals surface area contributed by atoms with E-state index in [1.54, 1.807) is 6.07 Å². The molecule has 0 aliphatic rings. The predicted octanol–water partition coefficient (Wildman–Crippen LogP) is 2.28. The summed E-state index contributed by atoms with van der Waals surface area (Å²) >= 11 is 0. The van der Waals surface area contributed by atoms with Crippen molar-refractivity contribution in [3.8, 4) is 0 Å². The van der Waals surface area contributed by atoms with Crippen molar-refractivity contribution in [2.24, 2.45) is 0 Å². The van der Waals surface area contributed by atoms with Crippen molar-refractivity contribution in [3.63, 3.8) is 0 Å². The molecule has 2 rings (SSSR count). The summed E-state index contributed by atoms with van der Waals surface area (Å²) in [6.07, 6.45) is 0.988. The van der Waals surface area contributed by atoms with Crippen LogP contribution in [0.4, 0.5) is 5.69 Å². The molecule has 0 bridgehead atoms. The predicted molar refractivity (Wildman–Crippen MR) is 87.1 cm³/mol. The maximum Gasteiger partial charge on any atom is 0.233 e. The summed E-state index contributed by atoms with van der Waals surface area (Å²) in [5.74, 6) is 0.0582. The summed E-state index contributed by atoms with van der Waals surface area (Å²) in [5, 5.41) is 3.91. The van der Waals surface area contributed by atoms with E-state index in [4.69, 9.17) is 0 Å². The Hall–Kier alpha value is -1.66. The number of aromatic nitrogens is 1. The number of nitrogens with one attached hydrogen (secondary N) is 2. The Morgan fingerprint density at radius 3 is 2.71 bits per heavy atom. The van der Waals surface area contributed by atoms with E-state index in [0.29, 0.717) is 12.2 Å². The summed E-state index contributed by atoms with van der Waals surface area (Å²) in [7, 11) is -3.36. The lowest BCUT2D eigenvalue weighted by Gasteiger charge is -2.11. The van der Waals surface area contributed by atoms with Crippen molar-refractivity contribution >= 4 is 26.6 Å². The number of fused-ring (bicyclic) bond motifs is 1. The third-order valence-electron chi connectivity index (χ3n) is 3.08. The summed E-state index contributed by atoms with van der Waals surface area (Å²) in [4.78, 5) is 4.41. The molecule has 0 spiro atoms. The van der Waals surface area contributed by atoms with Crippen LogP contribution in [0, 0.1) is 6.92 Å². The first-order valence-electron chi connectivity index (χ1n) is 7.09. The first-order chi connectivity index (χ1) is 10.0. The van der Waals surface area contributed by atoms with Crippen LogP contribution in [0.1, 0.15) is 19.0 Å². The fraction of sp³-hybridized carbons (Fsp3) is 0.400. The second-order valence-electron chi connectivity index (χ2n) is 5.00. The first kappa shape index (κ1) is 15.7. The molecule has 1 heterocycles. The Morgan fingerprint density at radius 2 is 1.95 bits per heavy atom. The maximum absolute atomic E-state index is 12.1. The van der Waals surface area contributed by atoms with Crippen LogP contribution in [0.2, 0.25) is 0 Å². The number of pyridine rings is 1. The minimum absolute atomic E-state index is 0.0582. The van der Waals surface area contributed by atoms with Crippen LogP contribution in [0.15, 0.2) is 30.3 Å². The third-order valence-corrected chi connectivity index (χ3v) is 4.36. The van der Waals surface area contributed by atoms with Gasteiger partial charge in [-0.2, -0.15) is 0 Å². The Balaban J connectivity index is 2.19. The van der Waals surface area contributed by atoms with E-state index in [1.165, 1.54) is 0 Å². The lowest BCUT2D eigenvalue weighted by atomic mass is 10.2. The van der Waals surface area contributed by atoms with Crippen LogP contribution in [-0.2, 0) is 10.0 Å². The van der Waals surface area contributed by atoms with Gasteiger partial charge in [-0.05, 0) is 32.0 Å². The summed E-state index contributed by atoms with van der Waals surface area (Å²) < 4.78 is 27.0. The van der Waals surface area contributed by atoms with Gasteiger partial charge in [0.05, 0.1) is 17.0 Å². The topological polar surface area (TPSA) is 71.1 Å². The largest absolute Gasteiger partial charge is 0.316 e. The van der Waals surface area contributed by atoms with E-state index in [0.717, 1.165) is 29.6 Å². The maximum atomic E-state index is 12.1. The van der Waals surface area contributed by atoms with Crippen LogP contribution in [-0.4, -0.2) is 32.2 Å². The van der Waals surface area contributed by atoms with Gasteiger partial charge in [-0.1, -0.05) is 25.1 Å². The van der Waals surface area contributed by atoms with Crippen molar-refractivity contribution in [1.29, 1.82) is 0 Å². The molecule has 114 valence electrons. The Labute approximate surface area is 125 Å². The Morgan fingerprint density at radius 1 is 1.19 bits per heavy atom. The number of sulfonamides is 1. The SMILES string of the molecule is CCCNCCS(=O)(=O)Nc1cc(C)nc2ccccc12. The molecule has 0 atom stereocenters. The Bertz CT molecular complexity index is 714. The monoisotopic (exact) mass is 307 g/mol. The highest BCUT2D eigenvalue weighted by Crippen LogP contribution is 2.23. The molecule has 0 saturated carbocycles. The van der Waals surface area contributed by atoms with Gasteiger partial charge in [-0.3, -0.25) is 9.71 Å². The normalized spacial score (nSPS) is 11.7. The molecule has 2 aromatic rings. The molecule has 2 N–H and O–H groups in total. The van der Waals surface area contributed by atoms with Crippen LogP contribution in [0.5, 0.6) is 0 Å². The number of benzene rings is 1. The molecule has 6 heteroatoms. The van der Waals surface area contributed by atoms with Crippen LogP contribution < -0.4 is 10.0 Å². The molecule has 0 saturated heterocycles. The number of hydrogen-bond donors (Lipinski definition) is 2. The molecule has 0 fully saturated rings. The minimum atomic E-state index is -3.36. The molecule has 5 nitrogen and oxygen atoms in total. The summed E-state index contributed by atoms with van der Waals surface area (Å²) in [5.41, 5.74) is 2.17. The second kappa shape index (κ2) is 6.87. The quantitative estimate of drug-likeness (QED) is 0.770. The molecule has 0 aliphatic carbocycles. The summed E-state index contributed by atoms with van der Waals surface area (Å²) in [6, 6.07) is 9.28. The van der Waals surface area contributed by atoms with Gasteiger partial charge in [0.1, 0.15) is 0 Å². The lowest BCUT2D eigenvalue weighted by molar-refractivity contribution is 0.595. The van der Waals surface area contributed by atoms with E-state index in [9.17, 15) is 8.42 Å². The van der Waals surface area contributed by atoms with Crippen molar-refractivity contribution in [3.05, 3.63) is 36.0 Å². The van der Waals surface area contributed by atoms with Crippen LogP contribution in [0.3, 0.4) is 0 Å². The number of hydrogen-bond acceptors (Lipinski definition) is 4. The fourth-order valence-electron chi connectivity index (χ4n) is 2.12. The number of rotatable bonds is 7. The molecule has 21 heavy (non-hydrogen) atoms. The number of aryl methyl sites for hydroxylation is 1. The van der Waals surface area contributed by atoms with Gasteiger partial charge in [0.25, 0.3) is 0 Å². The van der Waals surface area contributed by atoms with Crippen molar-refractivity contribution in [2.45, 2.75) is 20.3 Å². The fourth-order valence-corrected chi connectivity index (χ4v) is 3.14. The van der Waals surface area contributed by atoms with Gasteiger partial charge in [0, 0.05) is 17.6 Å². The van der Waals surface area contributed by atoms with E-state index in [1.807, 2.05) is 38.1 Å². The van der Waals surface area contributed by atoms with E-state index in [2.05, 4.69) is 15.0 Å². The zero-order valence-corrected chi connectivity index (χ0v) is 13.2. The van der Waals surface area contributed by atoms with Gasteiger partial charge in [0.2, 0.25) is 10.0 Å². The first-order valence-corrected chi connectivity index (χ1v) is 8.74. The Kier molecular flexibility index (Phi) is 5.14. The molecule has 0 unspecified atom stereocenters. The van der Waals surface area contributed by atoms with Gasteiger partial charge in [-0.25, -0.2) is 8.42 Å². The molecule has 0 amide bonds. The van der Waals surface area contributed by atoms with Crippen LogP contribution in [0.25, 0.3) is 10.9 Å². The van der Waals surface area contributed by atoms with Crippen molar-refractivity contribution < 1.29 is 8.42 Å². The molecule has 1 aromatic heterocycles. The van der Waals surface area contributed by atoms with Gasteiger partial charge >= 0.3 is 0 Å². The average Bonchev–Trinajstić information content (AvgIpc) is 2.43. The highest BCUT2D eigenvalue weighted by Gasteiger charge is 2.12. The molecule has 1 aromatic carbocycles. The highest BCUT2D eigenvalue weighted by molar-refractivity contribution is 7.92. The lowest BCUT2D eigenvalue weighted by Crippen LogP contribution is -2.27. The molecular formula is C15H21N3O2S. The van der Waals surface area contributed by atoms with Crippen LogP contribution >= 0.6 is 0 Å². The highest BCUT2D eigenvalue weighted by atomic mass is 32.2. The molecular weight excluding hydrogens is 286 g/mol. The van der Waals surface area contributed by atoms with Gasteiger partial charge in [0.15, 0.2) is 0 Å². The third kappa shape index (κ3) is 4.41. The van der Waals surface area contributed by atoms with Crippen molar-refractivity contribution in [1.82, 2.24) is 10.3 Å². The zero-order chi connectivity index (χ0) is 15.3. The second-order valence-corrected chi connectivity index (χ2v) is 6.84. The number of nitrogens with zero attached hydrogens (tertiary/aromatic N) is 1. The number of para-hydroxylation sites is 1. The van der Waals surface area contributed by atoms with E-state index >= 15 is 0 Å². The zero-order valence-electron chi connectivity index (χ0n) is 12.4. The van der Waals surface area contributed by atoms with E-state index < -0.39 is 10.0 Å². The van der Waals surface area contributed by atoms with Gasteiger partial charge < -0.3 is 5.32 Å². The van der Waals surface area contributed by atoms with E-state index in [-0.39, 0.29) is 5.75 Å². The summed E-state index contributed by atoms with van der Waals surface area (Å²) in [6.45, 7) is 5.18. The minimum Gasteiger partial charge on any atom is -0.316 e. The van der Waals surface area contributed by atoms with Gasteiger partial charge in [-0.15, -0.1) is 0 Å². The smallest absolute Gasteiger partial charge is 0.233 e. The number of anilines is 1. The molecule has 0 aliphatic heterocycles. The van der Waals surface area contributed by atoms with Crippen molar-refractivity contribution in [2.75, 3.05) is 23.6 Å². The average molecular weight is 307 g/mol. The standard InChI is InChI=1S/C15H21N3O2S/c1-3-8-16-9-10-21(19,20)18-15-11-12(2)17-14-7-5-4-6-13(14)15/h4-7,11,16H,3,8-10H2,1-2H3,(H,17,18).